The minimum atomic E-state index is -0.0891. The first-order valence-electron chi connectivity index (χ1n) is 8.33. The zero-order chi connectivity index (χ0) is 16.5. The summed E-state index contributed by atoms with van der Waals surface area (Å²) < 4.78 is 3.39. The van der Waals surface area contributed by atoms with E-state index in [1.54, 1.807) is 6.07 Å². The SMILES string of the molecule is CCc1nn2c(=O)cc(CN3CCC[C@H]3Cn3cccn3)nc2s1. The predicted octanol–water partition coefficient (Wildman–Crippen LogP) is 1.57. The summed E-state index contributed by atoms with van der Waals surface area (Å²) in [6, 6.07) is 4.01. The molecule has 3 aromatic heterocycles. The minimum Gasteiger partial charge on any atom is -0.293 e. The first-order chi connectivity index (χ1) is 11.7. The van der Waals surface area contributed by atoms with Crippen LogP contribution in [0.2, 0.25) is 0 Å². The van der Waals surface area contributed by atoms with Crippen LogP contribution in [0.4, 0.5) is 0 Å². The third kappa shape index (κ3) is 2.99. The molecule has 0 spiro atoms. The van der Waals surface area contributed by atoms with Crippen LogP contribution in [0.1, 0.15) is 30.5 Å². The highest BCUT2D eigenvalue weighted by Gasteiger charge is 2.25. The molecule has 8 heteroatoms. The van der Waals surface area contributed by atoms with Gasteiger partial charge in [0.2, 0.25) is 4.96 Å². The van der Waals surface area contributed by atoms with Gasteiger partial charge in [-0.25, -0.2) is 4.98 Å². The molecule has 0 N–H and O–H groups in total. The van der Waals surface area contributed by atoms with Crippen molar-refractivity contribution in [3.63, 3.8) is 0 Å². The largest absolute Gasteiger partial charge is 0.293 e. The Morgan fingerprint density at radius 1 is 1.42 bits per heavy atom. The normalized spacial score (nSPS) is 18.6. The van der Waals surface area contributed by atoms with E-state index in [2.05, 4.69) is 20.1 Å². The standard InChI is InChI=1S/C16H20N6OS/c1-2-14-19-22-15(23)9-12(18-16(22)24-14)10-20-7-3-5-13(20)11-21-8-4-6-17-21/h4,6,8-9,13H,2-3,5,7,10-11H2,1H3/t13-/m0/s1. The highest BCUT2D eigenvalue weighted by atomic mass is 32.1. The molecule has 3 aromatic rings. The average molecular weight is 344 g/mol. The van der Waals surface area contributed by atoms with Crippen molar-refractivity contribution in [2.45, 2.75) is 45.3 Å². The van der Waals surface area contributed by atoms with Crippen LogP contribution in [0.5, 0.6) is 0 Å². The number of likely N-dealkylation sites (tertiary alicyclic amines) is 1. The molecule has 1 fully saturated rings. The van der Waals surface area contributed by atoms with Gasteiger partial charge in [-0.1, -0.05) is 18.3 Å². The number of nitrogens with zero attached hydrogens (tertiary/aromatic N) is 6. The smallest absolute Gasteiger partial charge is 0.275 e. The second-order valence-corrected chi connectivity index (χ2v) is 7.16. The first kappa shape index (κ1) is 15.5. The number of hydrogen-bond acceptors (Lipinski definition) is 6. The molecule has 24 heavy (non-hydrogen) atoms. The van der Waals surface area contributed by atoms with Gasteiger partial charge in [-0.2, -0.15) is 14.7 Å². The van der Waals surface area contributed by atoms with E-state index in [0.717, 1.165) is 36.6 Å². The number of aryl methyl sites for hydroxylation is 1. The van der Waals surface area contributed by atoms with E-state index < -0.39 is 0 Å². The quantitative estimate of drug-likeness (QED) is 0.703. The maximum atomic E-state index is 12.3. The second kappa shape index (κ2) is 6.45. The Morgan fingerprint density at radius 2 is 2.33 bits per heavy atom. The van der Waals surface area contributed by atoms with Crippen molar-refractivity contribution < 1.29 is 0 Å². The Morgan fingerprint density at radius 3 is 3.12 bits per heavy atom. The first-order valence-corrected chi connectivity index (χ1v) is 9.14. The zero-order valence-corrected chi connectivity index (χ0v) is 14.4. The molecule has 4 rings (SSSR count). The van der Waals surface area contributed by atoms with Crippen LogP contribution >= 0.6 is 11.3 Å². The van der Waals surface area contributed by atoms with Crippen molar-refractivity contribution >= 4 is 16.3 Å². The van der Waals surface area contributed by atoms with Gasteiger partial charge in [0.05, 0.1) is 12.2 Å². The lowest BCUT2D eigenvalue weighted by Gasteiger charge is -2.23. The molecule has 0 radical (unpaired) electrons. The fourth-order valence-corrected chi connectivity index (χ4v) is 4.12. The van der Waals surface area contributed by atoms with Gasteiger partial charge in [0.15, 0.2) is 0 Å². The van der Waals surface area contributed by atoms with Gasteiger partial charge < -0.3 is 0 Å². The fraction of sp³-hybridized carbons (Fsp3) is 0.500. The lowest BCUT2D eigenvalue weighted by Crippen LogP contribution is -2.33. The van der Waals surface area contributed by atoms with Gasteiger partial charge >= 0.3 is 0 Å². The van der Waals surface area contributed by atoms with Gasteiger partial charge in [0.1, 0.15) is 5.01 Å². The maximum absolute atomic E-state index is 12.3. The molecule has 0 unspecified atom stereocenters. The van der Waals surface area contributed by atoms with E-state index >= 15 is 0 Å². The second-order valence-electron chi connectivity index (χ2n) is 6.12. The van der Waals surface area contributed by atoms with Crippen LogP contribution in [0.25, 0.3) is 4.96 Å². The van der Waals surface area contributed by atoms with Crippen molar-refractivity contribution in [3.8, 4) is 0 Å². The van der Waals surface area contributed by atoms with Gasteiger partial charge in [0, 0.05) is 31.0 Å². The highest BCUT2D eigenvalue weighted by Crippen LogP contribution is 2.21. The van der Waals surface area contributed by atoms with Crippen LogP contribution in [0, 0.1) is 0 Å². The molecular weight excluding hydrogens is 324 g/mol. The molecule has 4 heterocycles. The number of aromatic nitrogens is 5. The third-order valence-corrected chi connectivity index (χ3v) is 5.52. The maximum Gasteiger partial charge on any atom is 0.275 e. The summed E-state index contributed by atoms with van der Waals surface area (Å²) in [6.07, 6.45) is 6.96. The number of rotatable bonds is 5. The third-order valence-electron chi connectivity index (χ3n) is 4.46. The lowest BCUT2D eigenvalue weighted by atomic mass is 10.2. The highest BCUT2D eigenvalue weighted by molar-refractivity contribution is 7.16. The van der Waals surface area contributed by atoms with E-state index in [1.807, 2.05) is 30.1 Å². The Balaban J connectivity index is 1.55. The van der Waals surface area contributed by atoms with Crippen LogP contribution in [0.3, 0.4) is 0 Å². The fourth-order valence-electron chi connectivity index (χ4n) is 3.26. The summed E-state index contributed by atoms with van der Waals surface area (Å²) in [7, 11) is 0. The van der Waals surface area contributed by atoms with Crippen molar-refractivity contribution in [3.05, 3.63) is 45.6 Å². The van der Waals surface area contributed by atoms with E-state index in [-0.39, 0.29) is 5.56 Å². The van der Waals surface area contributed by atoms with Gasteiger partial charge in [-0.3, -0.25) is 14.4 Å². The summed E-state index contributed by atoms with van der Waals surface area (Å²) in [5.41, 5.74) is 0.743. The monoisotopic (exact) mass is 344 g/mol. The zero-order valence-electron chi connectivity index (χ0n) is 13.6. The predicted molar refractivity (Wildman–Crippen MR) is 92.2 cm³/mol. The Hall–Kier alpha value is -2.06. The molecule has 0 bridgehead atoms. The van der Waals surface area contributed by atoms with Crippen LogP contribution in [-0.4, -0.2) is 41.9 Å². The number of fused-ring (bicyclic) bond motifs is 1. The molecule has 0 amide bonds. The molecule has 0 saturated carbocycles. The van der Waals surface area contributed by atoms with E-state index in [1.165, 1.54) is 22.3 Å². The molecule has 1 saturated heterocycles. The molecule has 0 aromatic carbocycles. The molecule has 1 aliphatic rings. The van der Waals surface area contributed by atoms with E-state index in [0.29, 0.717) is 17.5 Å². The minimum absolute atomic E-state index is 0.0891. The van der Waals surface area contributed by atoms with Crippen molar-refractivity contribution in [2.24, 2.45) is 0 Å². The van der Waals surface area contributed by atoms with Crippen molar-refractivity contribution in [1.29, 1.82) is 0 Å². The Bertz CT molecular complexity index is 884. The van der Waals surface area contributed by atoms with Crippen molar-refractivity contribution in [1.82, 2.24) is 29.3 Å². The van der Waals surface area contributed by atoms with Crippen molar-refractivity contribution in [2.75, 3.05) is 6.54 Å². The summed E-state index contributed by atoms with van der Waals surface area (Å²) in [5.74, 6) is 0. The molecule has 7 nitrogen and oxygen atoms in total. The summed E-state index contributed by atoms with van der Waals surface area (Å²) in [6.45, 7) is 4.66. The molecule has 1 aliphatic heterocycles. The van der Waals surface area contributed by atoms with E-state index in [4.69, 9.17) is 0 Å². The average Bonchev–Trinajstić information content (AvgIpc) is 3.29. The van der Waals surface area contributed by atoms with Gasteiger partial charge in [-0.05, 0) is 31.9 Å². The van der Waals surface area contributed by atoms with Crippen LogP contribution in [0.15, 0.2) is 29.3 Å². The van der Waals surface area contributed by atoms with Crippen LogP contribution < -0.4 is 5.56 Å². The topological polar surface area (TPSA) is 68.3 Å². The summed E-state index contributed by atoms with van der Waals surface area (Å²) in [5, 5.41) is 9.55. The van der Waals surface area contributed by atoms with Crippen LogP contribution in [-0.2, 0) is 19.5 Å². The molecule has 126 valence electrons. The lowest BCUT2D eigenvalue weighted by molar-refractivity contribution is 0.217. The number of hydrogen-bond donors (Lipinski definition) is 0. The molecule has 1 atom stereocenters. The van der Waals surface area contributed by atoms with Gasteiger partial charge in [-0.15, -0.1) is 0 Å². The van der Waals surface area contributed by atoms with E-state index in [9.17, 15) is 4.79 Å². The summed E-state index contributed by atoms with van der Waals surface area (Å²) >= 11 is 1.50. The Labute approximate surface area is 143 Å². The molecule has 0 aliphatic carbocycles. The summed E-state index contributed by atoms with van der Waals surface area (Å²) in [4.78, 5) is 20.0. The Kier molecular flexibility index (Phi) is 4.15. The van der Waals surface area contributed by atoms with Gasteiger partial charge in [0.25, 0.3) is 5.56 Å². The molecular formula is C16H20N6OS.